The maximum absolute atomic E-state index is 13.8. The molecule has 1 aliphatic heterocycles. The molecule has 3 fully saturated rings. The molecule has 1 aromatic carbocycles. The van der Waals surface area contributed by atoms with Crippen molar-refractivity contribution in [3.63, 3.8) is 0 Å². The number of amides is 1. The molecule has 0 unspecified atom stereocenters. The van der Waals surface area contributed by atoms with Crippen LogP contribution in [0.3, 0.4) is 0 Å². The molecule has 0 bridgehead atoms. The van der Waals surface area contributed by atoms with E-state index in [0.29, 0.717) is 43.7 Å². The summed E-state index contributed by atoms with van der Waals surface area (Å²) in [6.07, 6.45) is 3.68. The smallest absolute Gasteiger partial charge is 0.226 e. The van der Waals surface area contributed by atoms with Gasteiger partial charge in [0.05, 0.1) is 5.69 Å². The lowest BCUT2D eigenvalue weighted by Gasteiger charge is -2.36. The lowest BCUT2D eigenvalue weighted by atomic mass is 10.1. The zero-order valence-electron chi connectivity index (χ0n) is 12.5. The molecule has 3 aliphatic rings. The van der Waals surface area contributed by atoms with E-state index in [9.17, 15) is 13.6 Å². The molecular weight excluding hydrogens is 286 g/mol. The normalized spacial score (nSPS) is 30.4. The van der Waals surface area contributed by atoms with Gasteiger partial charge in [-0.1, -0.05) is 6.42 Å². The summed E-state index contributed by atoms with van der Waals surface area (Å²) in [4.78, 5) is 16.3. The maximum atomic E-state index is 13.8. The van der Waals surface area contributed by atoms with Crippen LogP contribution in [0.4, 0.5) is 14.5 Å². The van der Waals surface area contributed by atoms with Crippen LogP contribution in [-0.4, -0.2) is 37.0 Å². The molecule has 0 aromatic heterocycles. The van der Waals surface area contributed by atoms with Crippen LogP contribution < -0.4 is 4.90 Å². The number of hydrogen-bond donors (Lipinski definition) is 0. The molecule has 2 saturated carbocycles. The minimum Gasteiger partial charge on any atom is -0.366 e. The van der Waals surface area contributed by atoms with Gasteiger partial charge in [0.25, 0.3) is 0 Å². The lowest BCUT2D eigenvalue weighted by Crippen LogP contribution is -2.49. The van der Waals surface area contributed by atoms with Crippen molar-refractivity contribution in [2.45, 2.75) is 19.3 Å². The Balaban J connectivity index is 1.38. The van der Waals surface area contributed by atoms with Crippen LogP contribution in [0, 0.1) is 29.4 Å². The molecule has 4 rings (SSSR count). The van der Waals surface area contributed by atoms with Crippen molar-refractivity contribution in [1.82, 2.24) is 4.90 Å². The SMILES string of the molecule is O=C(C1[C@H]2CCC[C@H]12)N1CCN(c2cc(F)ccc2F)CC1. The van der Waals surface area contributed by atoms with E-state index in [1.165, 1.54) is 25.3 Å². The highest BCUT2D eigenvalue weighted by Crippen LogP contribution is 2.58. The van der Waals surface area contributed by atoms with E-state index in [0.717, 1.165) is 12.1 Å². The van der Waals surface area contributed by atoms with Crippen molar-refractivity contribution in [1.29, 1.82) is 0 Å². The van der Waals surface area contributed by atoms with Crippen molar-refractivity contribution in [3.05, 3.63) is 29.8 Å². The van der Waals surface area contributed by atoms with Crippen molar-refractivity contribution < 1.29 is 13.6 Å². The number of carbonyl (C=O) groups is 1. The second-order valence-corrected chi connectivity index (χ2v) is 6.69. The molecule has 2 atom stereocenters. The number of anilines is 1. The van der Waals surface area contributed by atoms with Crippen molar-refractivity contribution in [3.8, 4) is 0 Å². The van der Waals surface area contributed by atoms with E-state index in [1.54, 1.807) is 0 Å². The van der Waals surface area contributed by atoms with E-state index in [2.05, 4.69) is 0 Å². The minimum absolute atomic E-state index is 0.256. The van der Waals surface area contributed by atoms with Gasteiger partial charge in [-0.3, -0.25) is 4.79 Å². The van der Waals surface area contributed by atoms with Gasteiger partial charge in [-0.05, 0) is 36.8 Å². The Labute approximate surface area is 128 Å². The molecule has 3 nitrogen and oxygen atoms in total. The van der Waals surface area contributed by atoms with Gasteiger partial charge in [0.1, 0.15) is 11.6 Å². The second kappa shape index (κ2) is 5.21. The molecule has 0 radical (unpaired) electrons. The molecule has 118 valence electrons. The van der Waals surface area contributed by atoms with Crippen LogP contribution in [0.1, 0.15) is 19.3 Å². The Hall–Kier alpha value is -1.65. The summed E-state index contributed by atoms with van der Waals surface area (Å²) in [5.41, 5.74) is 0.301. The van der Waals surface area contributed by atoms with Gasteiger partial charge >= 0.3 is 0 Å². The van der Waals surface area contributed by atoms with Gasteiger partial charge in [0.2, 0.25) is 5.91 Å². The summed E-state index contributed by atoms with van der Waals surface area (Å²) >= 11 is 0. The lowest BCUT2D eigenvalue weighted by molar-refractivity contribution is -0.133. The number of nitrogens with zero attached hydrogens (tertiary/aromatic N) is 2. The van der Waals surface area contributed by atoms with Gasteiger partial charge < -0.3 is 9.80 Å². The largest absolute Gasteiger partial charge is 0.366 e. The number of hydrogen-bond acceptors (Lipinski definition) is 2. The van der Waals surface area contributed by atoms with Crippen molar-refractivity contribution >= 4 is 11.6 Å². The Morgan fingerprint density at radius 1 is 1.05 bits per heavy atom. The van der Waals surface area contributed by atoms with Crippen LogP contribution in [0.15, 0.2) is 18.2 Å². The first-order chi connectivity index (χ1) is 10.6. The van der Waals surface area contributed by atoms with E-state index < -0.39 is 11.6 Å². The number of halogens is 2. The summed E-state index contributed by atoms with van der Waals surface area (Å²) in [7, 11) is 0. The molecule has 1 heterocycles. The van der Waals surface area contributed by atoms with Crippen LogP contribution in [0.2, 0.25) is 0 Å². The summed E-state index contributed by atoms with van der Waals surface area (Å²) in [6.45, 7) is 2.33. The third-order valence-corrected chi connectivity index (χ3v) is 5.53. The summed E-state index contributed by atoms with van der Waals surface area (Å²) in [5.74, 6) is 0.969. The standard InChI is InChI=1S/C17H20F2N2O/c18-11-4-5-14(19)15(10-11)20-6-8-21(9-7-20)17(22)16-12-2-1-3-13(12)16/h4-5,10,12-13,16H,1-3,6-9H2/t12-,13-/m0/s1. The molecule has 5 heteroatoms. The Morgan fingerprint density at radius 2 is 1.73 bits per heavy atom. The molecule has 0 N–H and O–H groups in total. The Bertz CT molecular complexity index is 588. The quantitative estimate of drug-likeness (QED) is 0.838. The summed E-state index contributed by atoms with van der Waals surface area (Å²) in [6, 6.07) is 3.52. The molecule has 0 spiro atoms. The number of rotatable bonds is 2. The van der Waals surface area contributed by atoms with E-state index in [-0.39, 0.29) is 11.8 Å². The molecule has 1 amide bonds. The number of piperazine rings is 1. The van der Waals surface area contributed by atoms with Crippen LogP contribution in [0.5, 0.6) is 0 Å². The number of carbonyl (C=O) groups excluding carboxylic acids is 1. The predicted molar refractivity (Wildman–Crippen MR) is 79.5 cm³/mol. The molecule has 2 aliphatic carbocycles. The fourth-order valence-corrected chi connectivity index (χ4v) is 4.29. The average molecular weight is 306 g/mol. The average Bonchev–Trinajstić information content (AvgIpc) is 3.01. The fourth-order valence-electron chi connectivity index (χ4n) is 4.29. The van der Waals surface area contributed by atoms with E-state index >= 15 is 0 Å². The molecule has 1 saturated heterocycles. The van der Waals surface area contributed by atoms with Gasteiger partial charge in [-0.25, -0.2) is 8.78 Å². The van der Waals surface area contributed by atoms with Crippen molar-refractivity contribution in [2.75, 3.05) is 31.1 Å². The zero-order chi connectivity index (χ0) is 15.3. The predicted octanol–water partition coefficient (Wildman–Crippen LogP) is 2.66. The third kappa shape index (κ3) is 2.27. The minimum atomic E-state index is -0.430. The van der Waals surface area contributed by atoms with E-state index in [4.69, 9.17) is 0 Å². The highest BCUT2D eigenvalue weighted by Gasteiger charge is 2.57. The van der Waals surface area contributed by atoms with Gasteiger partial charge in [-0.15, -0.1) is 0 Å². The van der Waals surface area contributed by atoms with Crippen LogP contribution in [-0.2, 0) is 4.79 Å². The van der Waals surface area contributed by atoms with Gasteiger partial charge in [-0.2, -0.15) is 0 Å². The highest BCUT2D eigenvalue weighted by atomic mass is 19.1. The van der Waals surface area contributed by atoms with E-state index in [1.807, 2.05) is 9.80 Å². The number of benzene rings is 1. The summed E-state index contributed by atoms with van der Waals surface area (Å²) in [5, 5.41) is 0. The fraction of sp³-hybridized carbons (Fsp3) is 0.588. The first-order valence-electron chi connectivity index (χ1n) is 8.14. The molecular formula is C17H20F2N2O. The Kier molecular flexibility index (Phi) is 3.31. The monoisotopic (exact) mass is 306 g/mol. The van der Waals surface area contributed by atoms with Crippen LogP contribution >= 0.6 is 0 Å². The second-order valence-electron chi connectivity index (χ2n) is 6.69. The number of fused-ring (bicyclic) bond motifs is 1. The Morgan fingerprint density at radius 3 is 2.41 bits per heavy atom. The summed E-state index contributed by atoms with van der Waals surface area (Å²) < 4.78 is 27.1. The first kappa shape index (κ1) is 14.0. The maximum Gasteiger partial charge on any atom is 0.226 e. The van der Waals surface area contributed by atoms with Crippen LogP contribution in [0.25, 0.3) is 0 Å². The first-order valence-corrected chi connectivity index (χ1v) is 8.14. The molecule has 22 heavy (non-hydrogen) atoms. The zero-order valence-corrected chi connectivity index (χ0v) is 12.5. The van der Waals surface area contributed by atoms with Gasteiger partial charge in [0, 0.05) is 38.2 Å². The van der Waals surface area contributed by atoms with Gasteiger partial charge in [0.15, 0.2) is 0 Å². The highest BCUT2D eigenvalue weighted by molar-refractivity contribution is 5.82. The molecule has 1 aromatic rings. The third-order valence-electron chi connectivity index (χ3n) is 5.53. The topological polar surface area (TPSA) is 23.6 Å². The van der Waals surface area contributed by atoms with Crippen molar-refractivity contribution in [2.24, 2.45) is 17.8 Å².